The molecule has 0 saturated carbocycles. The van der Waals surface area contributed by atoms with E-state index in [2.05, 4.69) is 38.9 Å². The Balaban J connectivity index is 1.38. The zero-order valence-corrected chi connectivity index (χ0v) is 15.8. The van der Waals surface area contributed by atoms with Crippen LogP contribution in [0.3, 0.4) is 0 Å². The highest BCUT2D eigenvalue weighted by Crippen LogP contribution is 2.21. The SMILES string of the molecule is CC1CN(c2ccc(NC(=O)c3ccc(N4CCC4)nc3)cn2)CC(C)O1. The number of nitrogens with zero attached hydrogens (tertiary/aromatic N) is 4. The van der Waals surface area contributed by atoms with Gasteiger partial charge in [0.15, 0.2) is 0 Å². The van der Waals surface area contributed by atoms with Gasteiger partial charge in [0, 0.05) is 32.4 Å². The van der Waals surface area contributed by atoms with Crippen LogP contribution in [-0.2, 0) is 4.74 Å². The van der Waals surface area contributed by atoms with E-state index < -0.39 is 0 Å². The molecule has 4 rings (SSSR count). The van der Waals surface area contributed by atoms with E-state index in [1.807, 2.05) is 24.3 Å². The van der Waals surface area contributed by atoms with Crippen LogP contribution in [-0.4, -0.2) is 54.3 Å². The minimum Gasteiger partial charge on any atom is -0.372 e. The van der Waals surface area contributed by atoms with Gasteiger partial charge < -0.3 is 19.9 Å². The van der Waals surface area contributed by atoms with Crippen LogP contribution in [0.2, 0.25) is 0 Å². The number of hydrogen-bond acceptors (Lipinski definition) is 6. The molecule has 2 aromatic rings. The monoisotopic (exact) mass is 367 g/mol. The normalized spacial score (nSPS) is 22.3. The first-order chi connectivity index (χ1) is 13.1. The Morgan fingerprint density at radius 1 is 1.00 bits per heavy atom. The molecule has 2 saturated heterocycles. The standard InChI is InChI=1S/C20H25N5O2/c1-14-12-25(13-15(2)27-14)19-7-5-17(11-22-19)23-20(26)16-4-6-18(21-10-16)24-8-3-9-24/h4-7,10-11,14-15H,3,8-9,12-13H2,1-2H3,(H,23,26). The van der Waals surface area contributed by atoms with Crippen LogP contribution in [0, 0.1) is 0 Å². The molecular formula is C20H25N5O2. The predicted octanol–water partition coefficient (Wildman–Crippen LogP) is 2.55. The lowest BCUT2D eigenvalue weighted by molar-refractivity contribution is -0.00545. The summed E-state index contributed by atoms with van der Waals surface area (Å²) in [4.78, 5) is 25.7. The smallest absolute Gasteiger partial charge is 0.257 e. The molecule has 0 aliphatic carbocycles. The minimum absolute atomic E-state index is 0.180. The van der Waals surface area contributed by atoms with Gasteiger partial charge in [0.05, 0.1) is 29.7 Å². The van der Waals surface area contributed by atoms with Crippen LogP contribution in [0.5, 0.6) is 0 Å². The number of ether oxygens (including phenoxy) is 1. The van der Waals surface area contributed by atoms with E-state index >= 15 is 0 Å². The fourth-order valence-corrected chi connectivity index (χ4v) is 3.47. The second kappa shape index (κ2) is 7.52. The van der Waals surface area contributed by atoms with Crippen molar-refractivity contribution in [3.05, 3.63) is 42.2 Å². The van der Waals surface area contributed by atoms with Gasteiger partial charge in [0.25, 0.3) is 5.91 Å². The average molecular weight is 367 g/mol. The maximum absolute atomic E-state index is 12.4. The molecule has 27 heavy (non-hydrogen) atoms. The minimum atomic E-state index is -0.180. The largest absolute Gasteiger partial charge is 0.372 e. The highest BCUT2D eigenvalue weighted by Gasteiger charge is 2.23. The average Bonchev–Trinajstić information content (AvgIpc) is 2.60. The Morgan fingerprint density at radius 3 is 2.22 bits per heavy atom. The Bertz CT molecular complexity index is 779. The summed E-state index contributed by atoms with van der Waals surface area (Å²) in [6.07, 6.45) is 4.89. The van der Waals surface area contributed by atoms with Crippen molar-refractivity contribution >= 4 is 23.2 Å². The second-order valence-electron chi connectivity index (χ2n) is 7.27. The molecule has 2 aliphatic rings. The molecule has 142 valence electrons. The van der Waals surface area contributed by atoms with E-state index in [1.54, 1.807) is 12.4 Å². The molecule has 0 radical (unpaired) electrons. The van der Waals surface area contributed by atoms with Gasteiger partial charge in [0.2, 0.25) is 0 Å². The first kappa shape index (κ1) is 17.7. The molecule has 2 unspecified atom stereocenters. The molecule has 2 aliphatic heterocycles. The third kappa shape index (κ3) is 4.03. The second-order valence-corrected chi connectivity index (χ2v) is 7.27. The molecule has 7 heteroatoms. The van der Waals surface area contributed by atoms with E-state index in [0.29, 0.717) is 11.3 Å². The summed E-state index contributed by atoms with van der Waals surface area (Å²) in [6.45, 7) is 7.85. The first-order valence-electron chi connectivity index (χ1n) is 9.47. The summed E-state index contributed by atoms with van der Waals surface area (Å²) in [5, 5.41) is 2.88. The van der Waals surface area contributed by atoms with Crippen molar-refractivity contribution in [2.75, 3.05) is 41.3 Å². The molecule has 7 nitrogen and oxygen atoms in total. The van der Waals surface area contributed by atoms with Gasteiger partial charge in [-0.15, -0.1) is 0 Å². The zero-order valence-electron chi connectivity index (χ0n) is 15.8. The van der Waals surface area contributed by atoms with Crippen LogP contribution < -0.4 is 15.1 Å². The van der Waals surface area contributed by atoms with E-state index in [9.17, 15) is 4.79 Å². The summed E-state index contributed by atoms with van der Waals surface area (Å²) in [5.41, 5.74) is 1.21. The number of aromatic nitrogens is 2. The number of anilines is 3. The van der Waals surface area contributed by atoms with Gasteiger partial charge in [-0.2, -0.15) is 0 Å². The van der Waals surface area contributed by atoms with Gasteiger partial charge in [-0.1, -0.05) is 0 Å². The number of carbonyl (C=O) groups is 1. The van der Waals surface area contributed by atoms with Crippen molar-refractivity contribution in [2.24, 2.45) is 0 Å². The number of hydrogen-bond donors (Lipinski definition) is 1. The maximum Gasteiger partial charge on any atom is 0.257 e. The highest BCUT2D eigenvalue weighted by atomic mass is 16.5. The predicted molar refractivity (Wildman–Crippen MR) is 105 cm³/mol. The van der Waals surface area contributed by atoms with Gasteiger partial charge in [-0.05, 0) is 44.5 Å². The maximum atomic E-state index is 12.4. The van der Waals surface area contributed by atoms with Crippen molar-refractivity contribution in [2.45, 2.75) is 32.5 Å². The van der Waals surface area contributed by atoms with E-state index in [4.69, 9.17) is 4.74 Å². The number of pyridine rings is 2. The number of carbonyl (C=O) groups excluding carboxylic acids is 1. The molecule has 1 amide bonds. The number of rotatable bonds is 4. The van der Waals surface area contributed by atoms with Crippen LogP contribution >= 0.6 is 0 Å². The molecule has 2 atom stereocenters. The number of amides is 1. The number of morpholine rings is 1. The van der Waals surface area contributed by atoms with Gasteiger partial charge in [0.1, 0.15) is 11.6 Å². The molecule has 2 fully saturated rings. The Morgan fingerprint density at radius 2 is 1.67 bits per heavy atom. The lowest BCUT2D eigenvalue weighted by Gasteiger charge is -2.36. The van der Waals surface area contributed by atoms with Crippen LogP contribution in [0.25, 0.3) is 0 Å². The molecule has 0 spiro atoms. The van der Waals surface area contributed by atoms with E-state index in [1.165, 1.54) is 6.42 Å². The fourth-order valence-electron chi connectivity index (χ4n) is 3.47. The van der Waals surface area contributed by atoms with Crippen molar-refractivity contribution < 1.29 is 9.53 Å². The third-order valence-electron chi connectivity index (χ3n) is 4.94. The van der Waals surface area contributed by atoms with Gasteiger partial charge >= 0.3 is 0 Å². The quantitative estimate of drug-likeness (QED) is 0.896. The van der Waals surface area contributed by atoms with Gasteiger partial charge in [-0.25, -0.2) is 9.97 Å². The summed E-state index contributed by atoms with van der Waals surface area (Å²) >= 11 is 0. The van der Waals surface area contributed by atoms with Crippen molar-refractivity contribution in [3.63, 3.8) is 0 Å². The van der Waals surface area contributed by atoms with Crippen LogP contribution in [0.1, 0.15) is 30.6 Å². The van der Waals surface area contributed by atoms with Crippen molar-refractivity contribution in [1.82, 2.24) is 9.97 Å². The Labute approximate surface area is 159 Å². The molecule has 4 heterocycles. The first-order valence-corrected chi connectivity index (χ1v) is 9.47. The summed E-state index contributed by atoms with van der Waals surface area (Å²) in [7, 11) is 0. The highest BCUT2D eigenvalue weighted by molar-refractivity contribution is 6.04. The van der Waals surface area contributed by atoms with E-state index in [-0.39, 0.29) is 18.1 Å². The molecule has 0 bridgehead atoms. The van der Waals surface area contributed by atoms with Gasteiger partial charge in [-0.3, -0.25) is 4.79 Å². The summed E-state index contributed by atoms with van der Waals surface area (Å²) in [6, 6.07) is 7.53. The van der Waals surface area contributed by atoms with Crippen molar-refractivity contribution in [3.8, 4) is 0 Å². The zero-order chi connectivity index (χ0) is 18.8. The Hall–Kier alpha value is -2.67. The number of nitrogens with one attached hydrogen (secondary N) is 1. The topological polar surface area (TPSA) is 70.6 Å². The third-order valence-corrected chi connectivity index (χ3v) is 4.94. The fraction of sp³-hybridized carbons (Fsp3) is 0.450. The van der Waals surface area contributed by atoms with Crippen LogP contribution in [0.15, 0.2) is 36.7 Å². The molecule has 2 aromatic heterocycles. The Kier molecular flexibility index (Phi) is 4.94. The summed E-state index contributed by atoms with van der Waals surface area (Å²) < 4.78 is 5.76. The lowest BCUT2D eigenvalue weighted by Crippen LogP contribution is -2.45. The van der Waals surface area contributed by atoms with E-state index in [0.717, 1.165) is 37.8 Å². The molecule has 1 N–H and O–H groups in total. The van der Waals surface area contributed by atoms with Crippen molar-refractivity contribution in [1.29, 1.82) is 0 Å². The lowest BCUT2D eigenvalue weighted by atomic mass is 10.2. The van der Waals surface area contributed by atoms with Crippen LogP contribution in [0.4, 0.5) is 17.3 Å². The molecular weight excluding hydrogens is 342 g/mol. The summed E-state index contributed by atoms with van der Waals surface area (Å²) in [5.74, 6) is 1.65. The molecule has 0 aromatic carbocycles.